The number of carbonyl (C=O) groups excluding carboxylic acids is 1. The van der Waals surface area contributed by atoms with E-state index in [-0.39, 0.29) is 23.5 Å². The van der Waals surface area contributed by atoms with E-state index in [4.69, 9.17) is 0 Å². The molecule has 3 rings (SSSR count). The van der Waals surface area contributed by atoms with Crippen LogP contribution in [0.15, 0.2) is 48.5 Å². The van der Waals surface area contributed by atoms with E-state index in [9.17, 15) is 17.6 Å². The van der Waals surface area contributed by atoms with Crippen LogP contribution in [0.3, 0.4) is 0 Å². The Bertz CT molecular complexity index is 993. The van der Waals surface area contributed by atoms with Crippen LogP contribution < -0.4 is 5.32 Å². The largest absolute Gasteiger partial charge is 0.354 e. The summed E-state index contributed by atoms with van der Waals surface area (Å²) in [5.74, 6) is -0.287. The van der Waals surface area contributed by atoms with E-state index in [1.54, 1.807) is 12.1 Å². The Labute approximate surface area is 184 Å². The van der Waals surface area contributed by atoms with Crippen molar-refractivity contribution in [3.63, 3.8) is 0 Å². The van der Waals surface area contributed by atoms with Crippen LogP contribution in [0.4, 0.5) is 4.39 Å². The lowest BCUT2D eigenvalue weighted by atomic mass is 9.93. The van der Waals surface area contributed by atoms with Gasteiger partial charge in [0.2, 0.25) is 15.9 Å². The number of sulfonamides is 1. The molecule has 1 aliphatic heterocycles. The van der Waals surface area contributed by atoms with E-state index in [1.807, 2.05) is 18.2 Å². The summed E-state index contributed by atoms with van der Waals surface area (Å²) in [4.78, 5) is 15.1. The van der Waals surface area contributed by atoms with Crippen molar-refractivity contribution >= 4 is 15.9 Å². The zero-order valence-electron chi connectivity index (χ0n) is 18.1. The van der Waals surface area contributed by atoms with Crippen molar-refractivity contribution in [2.45, 2.75) is 31.8 Å². The Morgan fingerprint density at radius 2 is 1.81 bits per heavy atom. The van der Waals surface area contributed by atoms with Gasteiger partial charge in [-0.15, -0.1) is 0 Å². The molecule has 168 valence electrons. The van der Waals surface area contributed by atoms with Crippen molar-refractivity contribution in [2.24, 2.45) is 0 Å². The minimum absolute atomic E-state index is 0.0526. The molecule has 0 radical (unpaired) electrons. The van der Waals surface area contributed by atoms with Gasteiger partial charge in [-0.25, -0.2) is 17.1 Å². The fourth-order valence-corrected chi connectivity index (χ4v) is 4.66. The van der Waals surface area contributed by atoms with Gasteiger partial charge >= 0.3 is 0 Å². The van der Waals surface area contributed by atoms with Crippen LogP contribution in [0.5, 0.6) is 0 Å². The summed E-state index contributed by atoms with van der Waals surface area (Å²) in [6.45, 7) is 1.61. The lowest BCUT2D eigenvalue weighted by Gasteiger charge is -2.36. The number of nitrogens with one attached hydrogen (secondary N) is 1. The fourth-order valence-electron chi connectivity index (χ4n) is 3.80. The number of rotatable bonds is 9. The normalized spacial score (nSPS) is 16.8. The molecule has 6 nitrogen and oxygen atoms in total. The fraction of sp³-hybridized carbons (Fsp3) is 0.435. The van der Waals surface area contributed by atoms with E-state index < -0.39 is 10.0 Å². The summed E-state index contributed by atoms with van der Waals surface area (Å²) in [7, 11) is -0.203. The molecule has 0 aliphatic carbocycles. The SMILES string of the molecule is CN(C)S(=O)(=O)CCCN1Cc2ccccc2CC1C(=O)NCCc1ccc(F)cc1. The second kappa shape index (κ2) is 10.3. The first-order chi connectivity index (χ1) is 14.8. The highest BCUT2D eigenvalue weighted by atomic mass is 32.2. The Kier molecular flexibility index (Phi) is 7.80. The molecule has 2 aromatic carbocycles. The molecule has 2 aromatic rings. The topological polar surface area (TPSA) is 69.7 Å². The van der Waals surface area contributed by atoms with E-state index in [1.165, 1.54) is 36.1 Å². The lowest BCUT2D eigenvalue weighted by molar-refractivity contribution is -0.127. The van der Waals surface area contributed by atoms with Gasteiger partial charge in [0.15, 0.2) is 0 Å². The number of nitrogens with zero attached hydrogens (tertiary/aromatic N) is 2. The van der Waals surface area contributed by atoms with E-state index in [0.717, 1.165) is 11.1 Å². The molecule has 1 unspecified atom stereocenters. The predicted octanol–water partition coefficient (Wildman–Crippen LogP) is 2.19. The van der Waals surface area contributed by atoms with Crippen molar-refractivity contribution in [2.75, 3.05) is 32.9 Å². The smallest absolute Gasteiger partial charge is 0.237 e. The highest BCUT2D eigenvalue weighted by Gasteiger charge is 2.31. The van der Waals surface area contributed by atoms with E-state index in [2.05, 4.69) is 16.3 Å². The summed E-state index contributed by atoms with van der Waals surface area (Å²) in [6, 6.07) is 14.0. The number of hydrogen-bond acceptors (Lipinski definition) is 4. The third-order valence-electron chi connectivity index (χ3n) is 5.68. The molecule has 0 spiro atoms. The van der Waals surface area contributed by atoms with Crippen LogP contribution in [-0.2, 0) is 34.2 Å². The van der Waals surface area contributed by atoms with Gasteiger partial charge in [-0.1, -0.05) is 36.4 Å². The van der Waals surface area contributed by atoms with Crippen LogP contribution >= 0.6 is 0 Å². The molecule has 31 heavy (non-hydrogen) atoms. The monoisotopic (exact) mass is 447 g/mol. The minimum Gasteiger partial charge on any atom is -0.354 e. The summed E-state index contributed by atoms with van der Waals surface area (Å²) in [5, 5.41) is 3.00. The van der Waals surface area contributed by atoms with Gasteiger partial charge in [-0.2, -0.15) is 0 Å². The zero-order chi connectivity index (χ0) is 22.4. The number of carbonyl (C=O) groups is 1. The van der Waals surface area contributed by atoms with E-state index in [0.29, 0.717) is 38.9 Å². The zero-order valence-corrected chi connectivity index (χ0v) is 18.9. The van der Waals surface area contributed by atoms with Gasteiger partial charge in [0.1, 0.15) is 5.82 Å². The van der Waals surface area contributed by atoms with Gasteiger partial charge in [0.05, 0.1) is 11.8 Å². The maximum Gasteiger partial charge on any atom is 0.237 e. The number of halogens is 1. The van der Waals surface area contributed by atoms with Crippen molar-refractivity contribution in [1.82, 2.24) is 14.5 Å². The molecule has 0 bridgehead atoms. The Morgan fingerprint density at radius 1 is 1.13 bits per heavy atom. The Balaban J connectivity index is 1.62. The first kappa shape index (κ1) is 23.4. The van der Waals surface area contributed by atoms with Crippen LogP contribution in [-0.4, -0.2) is 62.5 Å². The first-order valence-corrected chi connectivity index (χ1v) is 12.1. The summed E-state index contributed by atoms with van der Waals surface area (Å²) in [5.41, 5.74) is 3.29. The molecule has 1 amide bonds. The average molecular weight is 448 g/mol. The molecular formula is C23H30FN3O3S. The number of amides is 1. The molecule has 0 aromatic heterocycles. The Hall–Kier alpha value is -2.29. The van der Waals surface area contributed by atoms with Crippen molar-refractivity contribution in [3.8, 4) is 0 Å². The van der Waals surface area contributed by atoms with Crippen molar-refractivity contribution < 1.29 is 17.6 Å². The lowest BCUT2D eigenvalue weighted by Crippen LogP contribution is -2.51. The quantitative estimate of drug-likeness (QED) is 0.640. The second-order valence-electron chi connectivity index (χ2n) is 8.08. The van der Waals surface area contributed by atoms with Crippen LogP contribution in [0, 0.1) is 5.82 Å². The molecule has 0 saturated carbocycles. The van der Waals surface area contributed by atoms with Crippen LogP contribution in [0.2, 0.25) is 0 Å². The third-order valence-corrected chi connectivity index (χ3v) is 7.60. The van der Waals surface area contributed by atoms with Gasteiger partial charge in [-0.05, 0) is 48.1 Å². The van der Waals surface area contributed by atoms with Gasteiger partial charge in [-0.3, -0.25) is 9.69 Å². The Morgan fingerprint density at radius 3 is 2.48 bits per heavy atom. The molecule has 0 saturated heterocycles. The number of hydrogen-bond donors (Lipinski definition) is 1. The summed E-state index contributed by atoms with van der Waals surface area (Å²) in [6.07, 6.45) is 1.68. The summed E-state index contributed by atoms with van der Waals surface area (Å²) >= 11 is 0. The maximum absolute atomic E-state index is 13.0. The number of benzene rings is 2. The van der Waals surface area contributed by atoms with E-state index >= 15 is 0 Å². The van der Waals surface area contributed by atoms with Gasteiger partial charge in [0.25, 0.3) is 0 Å². The number of fused-ring (bicyclic) bond motifs is 1. The molecule has 0 fully saturated rings. The molecule has 8 heteroatoms. The maximum atomic E-state index is 13.0. The summed E-state index contributed by atoms with van der Waals surface area (Å²) < 4.78 is 38.5. The highest BCUT2D eigenvalue weighted by Crippen LogP contribution is 2.24. The molecule has 1 atom stereocenters. The van der Waals surface area contributed by atoms with Gasteiger partial charge < -0.3 is 5.32 Å². The molecular weight excluding hydrogens is 417 g/mol. The van der Waals surface area contributed by atoms with Crippen molar-refractivity contribution in [1.29, 1.82) is 0 Å². The van der Waals surface area contributed by atoms with Crippen molar-refractivity contribution in [3.05, 3.63) is 71.0 Å². The van der Waals surface area contributed by atoms with Crippen LogP contribution in [0.1, 0.15) is 23.1 Å². The minimum atomic E-state index is -3.27. The van der Waals surface area contributed by atoms with Crippen LogP contribution in [0.25, 0.3) is 0 Å². The molecule has 1 heterocycles. The predicted molar refractivity (Wildman–Crippen MR) is 120 cm³/mol. The van der Waals surface area contributed by atoms with Gasteiger partial charge in [0, 0.05) is 33.7 Å². The third kappa shape index (κ3) is 6.35. The first-order valence-electron chi connectivity index (χ1n) is 10.5. The molecule has 1 aliphatic rings. The second-order valence-corrected chi connectivity index (χ2v) is 10.4. The highest BCUT2D eigenvalue weighted by molar-refractivity contribution is 7.89. The molecule has 1 N–H and O–H groups in total. The standard InChI is InChI=1S/C23H30FN3O3S/c1-26(2)31(29,30)15-5-14-27-17-20-7-4-3-6-19(20)16-22(27)23(28)25-13-12-18-8-10-21(24)11-9-18/h3-4,6-11,22H,5,12-17H2,1-2H3,(H,25,28). The average Bonchev–Trinajstić information content (AvgIpc) is 2.74.